The number of benzene rings is 2. The number of halogens is 2. The summed E-state index contributed by atoms with van der Waals surface area (Å²) >= 11 is 0. The number of fused-ring (bicyclic) bond motifs is 1. The van der Waals surface area contributed by atoms with E-state index in [1.807, 2.05) is 19.2 Å². The molecule has 1 amide bonds. The maximum absolute atomic E-state index is 13.3. The lowest BCUT2D eigenvalue weighted by Gasteiger charge is -2.04. The van der Waals surface area contributed by atoms with Gasteiger partial charge in [0, 0.05) is 24.1 Å². The van der Waals surface area contributed by atoms with Crippen LogP contribution >= 0.6 is 0 Å². The van der Waals surface area contributed by atoms with Gasteiger partial charge in [0.15, 0.2) is 5.82 Å². The number of carbonyl (C=O) groups is 1. The highest BCUT2D eigenvalue weighted by atomic mass is 19.1. The van der Waals surface area contributed by atoms with Gasteiger partial charge in [-0.3, -0.25) is 9.48 Å². The van der Waals surface area contributed by atoms with E-state index in [2.05, 4.69) is 16.5 Å². The first kappa shape index (κ1) is 14.8. The zero-order chi connectivity index (χ0) is 16.8. The molecule has 0 aliphatic heterocycles. The van der Waals surface area contributed by atoms with E-state index in [-0.39, 0.29) is 5.56 Å². The minimum absolute atomic E-state index is 0.0790. The molecule has 0 radical (unpaired) electrons. The summed E-state index contributed by atoms with van der Waals surface area (Å²) in [4.78, 5) is 12.3. The predicted octanol–water partition coefficient (Wildman–Crippen LogP) is 3.98. The fourth-order valence-electron chi connectivity index (χ4n) is 3.05. The average Bonchev–Trinajstić information content (AvgIpc) is 3.32. The minimum atomic E-state index is -0.790. The number of amides is 1. The van der Waals surface area contributed by atoms with E-state index in [4.69, 9.17) is 0 Å². The molecule has 4 nitrogen and oxygen atoms in total. The molecule has 3 aromatic rings. The summed E-state index contributed by atoms with van der Waals surface area (Å²) in [6.07, 6.45) is 2.32. The Kier molecular flexibility index (Phi) is 3.33. The van der Waals surface area contributed by atoms with E-state index >= 15 is 0 Å². The quantitative estimate of drug-likeness (QED) is 0.791. The van der Waals surface area contributed by atoms with E-state index < -0.39 is 17.5 Å². The van der Waals surface area contributed by atoms with Crippen LogP contribution in [0.1, 0.15) is 34.7 Å². The standard InChI is InChI=1S/C18H15F2N3O/c1-23-16-14(10-5-6-10)3-2-4-15(16)17(22-23)21-18(24)11-7-12(19)9-13(20)8-11/h2-4,7-10H,5-6H2,1H3,(H,21,22,24). The van der Waals surface area contributed by atoms with Crippen LogP contribution in [0.5, 0.6) is 0 Å². The van der Waals surface area contributed by atoms with Crippen molar-refractivity contribution in [3.63, 3.8) is 0 Å². The number of nitrogens with one attached hydrogen (secondary N) is 1. The van der Waals surface area contributed by atoms with Crippen molar-refractivity contribution in [3.05, 3.63) is 59.2 Å². The van der Waals surface area contributed by atoms with E-state index in [0.717, 1.165) is 41.9 Å². The molecule has 1 aromatic heterocycles. The highest BCUT2D eigenvalue weighted by Crippen LogP contribution is 2.43. The van der Waals surface area contributed by atoms with Crippen LogP contribution < -0.4 is 5.32 Å². The van der Waals surface area contributed by atoms with Gasteiger partial charge in [-0.15, -0.1) is 0 Å². The summed E-state index contributed by atoms with van der Waals surface area (Å²) in [6, 6.07) is 8.63. The van der Waals surface area contributed by atoms with Gasteiger partial charge in [-0.05, 0) is 42.5 Å². The van der Waals surface area contributed by atoms with Gasteiger partial charge >= 0.3 is 0 Å². The van der Waals surface area contributed by atoms with Crippen molar-refractivity contribution < 1.29 is 13.6 Å². The van der Waals surface area contributed by atoms with Crippen molar-refractivity contribution >= 4 is 22.6 Å². The summed E-state index contributed by atoms with van der Waals surface area (Å²) < 4.78 is 28.3. The average molecular weight is 327 g/mol. The Balaban J connectivity index is 1.72. The highest BCUT2D eigenvalue weighted by Gasteiger charge is 2.27. The lowest BCUT2D eigenvalue weighted by Crippen LogP contribution is -2.13. The largest absolute Gasteiger partial charge is 0.305 e. The smallest absolute Gasteiger partial charge is 0.257 e. The van der Waals surface area contributed by atoms with E-state index in [9.17, 15) is 13.6 Å². The zero-order valence-corrected chi connectivity index (χ0v) is 13.0. The molecular weight excluding hydrogens is 312 g/mol. The topological polar surface area (TPSA) is 46.9 Å². The zero-order valence-electron chi connectivity index (χ0n) is 13.0. The molecule has 0 unspecified atom stereocenters. The molecule has 0 bridgehead atoms. The van der Waals surface area contributed by atoms with Gasteiger partial charge in [0.2, 0.25) is 0 Å². The number of aryl methyl sites for hydroxylation is 1. The van der Waals surface area contributed by atoms with Gasteiger partial charge in [0.1, 0.15) is 11.6 Å². The number of hydrogen-bond acceptors (Lipinski definition) is 2. The Labute approximate surface area is 137 Å². The second-order valence-corrected chi connectivity index (χ2v) is 6.10. The molecule has 1 aliphatic rings. The van der Waals surface area contributed by atoms with E-state index in [0.29, 0.717) is 11.7 Å². The van der Waals surface area contributed by atoms with Crippen LogP contribution in [0.3, 0.4) is 0 Å². The Morgan fingerprint density at radius 1 is 1.21 bits per heavy atom. The third-order valence-corrected chi connectivity index (χ3v) is 4.27. The summed E-state index contributed by atoms with van der Waals surface area (Å²) in [5.41, 5.74) is 2.13. The van der Waals surface area contributed by atoms with Gasteiger partial charge < -0.3 is 5.32 Å². The maximum Gasteiger partial charge on any atom is 0.257 e. The van der Waals surface area contributed by atoms with Gasteiger partial charge in [0.25, 0.3) is 5.91 Å². The molecule has 0 atom stereocenters. The summed E-state index contributed by atoms with van der Waals surface area (Å²) in [5.74, 6) is -1.23. The number of aromatic nitrogens is 2. The van der Waals surface area contributed by atoms with Crippen molar-refractivity contribution in [1.29, 1.82) is 0 Å². The van der Waals surface area contributed by atoms with Crippen molar-refractivity contribution in [3.8, 4) is 0 Å². The van der Waals surface area contributed by atoms with Crippen LogP contribution in [0.15, 0.2) is 36.4 Å². The Hall–Kier alpha value is -2.76. The van der Waals surface area contributed by atoms with E-state index in [1.165, 1.54) is 5.56 Å². The van der Waals surface area contributed by atoms with Crippen molar-refractivity contribution in [2.45, 2.75) is 18.8 Å². The molecule has 1 aliphatic carbocycles. The van der Waals surface area contributed by atoms with Crippen LogP contribution in [-0.2, 0) is 7.05 Å². The number of carbonyl (C=O) groups excluding carboxylic acids is 1. The molecule has 6 heteroatoms. The van der Waals surface area contributed by atoms with Gasteiger partial charge in [-0.1, -0.05) is 12.1 Å². The number of para-hydroxylation sites is 1. The molecule has 1 heterocycles. The fourth-order valence-corrected chi connectivity index (χ4v) is 3.05. The van der Waals surface area contributed by atoms with Crippen LogP contribution in [-0.4, -0.2) is 15.7 Å². The molecular formula is C18H15F2N3O. The third kappa shape index (κ3) is 2.54. The molecule has 1 saturated carbocycles. The van der Waals surface area contributed by atoms with Crippen LogP contribution in [0.4, 0.5) is 14.6 Å². The predicted molar refractivity (Wildman–Crippen MR) is 87.0 cm³/mol. The summed E-state index contributed by atoms with van der Waals surface area (Å²) in [7, 11) is 1.83. The Morgan fingerprint density at radius 3 is 2.58 bits per heavy atom. The first-order chi connectivity index (χ1) is 11.5. The summed E-state index contributed by atoms with van der Waals surface area (Å²) in [5, 5.41) is 7.85. The number of nitrogens with zero attached hydrogens (tertiary/aromatic N) is 2. The fraction of sp³-hybridized carbons (Fsp3) is 0.222. The number of rotatable bonds is 3. The highest BCUT2D eigenvalue weighted by molar-refractivity contribution is 6.08. The second kappa shape index (κ2) is 5.40. The van der Waals surface area contributed by atoms with Crippen LogP contribution in [0.25, 0.3) is 10.9 Å². The number of hydrogen-bond donors (Lipinski definition) is 1. The molecule has 1 fully saturated rings. The van der Waals surface area contributed by atoms with Gasteiger partial charge in [0.05, 0.1) is 5.52 Å². The van der Waals surface area contributed by atoms with Crippen LogP contribution in [0, 0.1) is 11.6 Å². The molecule has 122 valence electrons. The third-order valence-electron chi connectivity index (χ3n) is 4.27. The monoisotopic (exact) mass is 327 g/mol. The molecule has 0 saturated heterocycles. The second-order valence-electron chi connectivity index (χ2n) is 6.10. The molecule has 24 heavy (non-hydrogen) atoms. The first-order valence-corrected chi connectivity index (χ1v) is 7.76. The molecule has 2 aromatic carbocycles. The molecule has 4 rings (SSSR count). The first-order valence-electron chi connectivity index (χ1n) is 7.76. The Morgan fingerprint density at radius 2 is 1.92 bits per heavy atom. The van der Waals surface area contributed by atoms with E-state index in [1.54, 1.807) is 4.68 Å². The van der Waals surface area contributed by atoms with Crippen molar-refractivity contribution in [2.24, 2.45) is 7.05 Å². The van der Waals surface area contributed by atoms with Gasteiger partial charge in [-0.2, -0.15) is 5.10 Å². The molecule has 0 spiro atoms. The van der Waals surface area contributed by atoms with Crippen molar-refractivity contribution in [1.82, 2.24) is 9.78 Å². The maximum atomic E-state index is 13.3. The van der Waals surface area contributed by atoms with Crippen LogP contribution in [0.2, 0.25) is 0 Å². The Bertz CT molecular complexity index is 940. The lowest BCUT2D eigenvalue weighted by molar-refractivity contribution is 0.102. The van der Waals surface area contributed by atoms with Crippen molar-refractivity contribution in [2.75, 3.05) is 5.32 Å². The lowest BCUT2D eigenvalue weighted by atomic mass is 10.1. The minimum Gasteiger partial charge on any atom is -0.305 e. The number of anilines is 1. The normalized spacial score (nSPS) is 14.1. The molecule has 1 N–H and O–H groups in total. The summed E-state index contributed by atoms with van der Waals surface area (Å²) in [6.45, 7) is 0. The van der Waals surface area contributed by atoms with Gasteiger partial charge in [-0.25, -0.2) is 8.78 Å². The SMILES string of the molecule is Cn1nc(NC(=O)c2cc(F)cc(F)c2)c2cccc(C3CC3)c21.